The van der Waals surface area contributed by atoms with Gasteiger partial charge < -0.3 is 19.4 Å². The van der Waals surface area contributed by atoms with Crippen molar-refractivity contribution in [2.24, 2.45) is 0 Å². The van der Waals surface area contributed by atoms with Gasteiger partial charge in [0.2, 0.25) is 10.0 Å². The number of benzene rings is 2. The highest BCUT2D eigenvalue weighted by Crippen LogP contribution is 2.28. The van der Waals surface area contributed by atoms with Gasteiger partial charge in [0.25, 0.3) is 11.8 Å². The van der Waals surface area contributed by atoms with E-state index in [9.17, 15) is 18.0 Å². The fourth-order valence-electron chi connectivity index (χ4n) is 4.00. The molecule has 1 aromatic heterocycles. The van der Waals surface area contributed by atoms with E-state index in [4.69, 9.17) is 9.15 Å². The summed E-state index contributed by atoms with van der Waals surface area (Å²) < 4.78 is 37.8. The van der Waals surface area contributed by atoms with Gasteiger partial charge in [0, 0.05) is 32.7 Å². The number of carbonyl (C=O) groups is 2. The van der Waals surface area contributed by atoms with Crippen LogP contribution in [0.2, 0.25) is 0 Å². The molecule has 1 saturated heterocycles. The molecule has 1 aliphatic heterocycles. The van der Waals surface area contributed by atoms with E-state index in [0.29, 0.717) is 17.9 Å². The SMILES string of the molecule is CCOc1ccc2ccccc2c1C(=O)NCCS(=O)(=O)N1CCN(C(=O)c2ccco2)CC1. The van der Waals surface area contributed by atoms with Crippen molar-refractivity contribution >= 4 is 32.6 Å². The summed E-state index contributed by atoms with van der Waals surface area (Å²) in [5.41, 5.74) is 0.391. The average molecular weight is 486 g/mol. The number of piperazine rings is 1. The number of carbonyl (C=O) groups excluding carboxylic acids is 2. The summed E-state index contributed by atoms with van der Waals surface area (Å²) in [6, 6.07) is 14.3. The Kier molecular flexibility index (Phi) is 7.18. The van der Waals surface area contributed by atoms with Gasteiger partial charge >= 0.3 is 0 Å². The van der Waals surface area contributed by atoms with Crippen molar-refractivity contribution < 1.29 is 27.2 Å². The first kappa shape index (κ1) is 23.8. The molecule has 3 aromatic rings. The van der Waals surface area contributed by atoms with Crippen LogP contribution in [0.5, 0.6) is 5.75 Å². The van der Waals surface area contributed by atoms with Gasteiger partial charge in [-0.3, -0.25) is 9.59 Å². The zero-order valence-corrected chi connectivity index (χ0v) is 19.7. The van der Waals surface area contributed by atoms with E-state index in [0.717, 1.165) is 10.8 Å². The molecule has 0 unspecified atom stereocenters. The van der Waals surface area contributed by atoms with Crippen LogP contribution in [-0.4, -0.2) is 74.5 Å². The second-order valence-corrected chi connectivity index (χ2v) is 9.92. The molecule has 0 aliphatic carbocycles. The zero-order valence-electron chi connectivity index (χ0n) is 18.9. The second kappa shape index (κ2) is 10.3. The van der Waals surface area contributed by atoms with Crippen LogP contribution in [0, 0.1) is 0 Å². The molecule has 2 aromatic carbocycles. The number of nitrogens with zero attached hydrogens (tertiary/aromatic N) is 2. The van der Waals surface area contributed by atoms with Crippen molar-refractivity contribution in [3.8, 4) is 5.75 Å². The standard InChI is InChI=1S/C24H27N3O6S/c1-2-32-20-10-9-18-6-3-4-7-19(18)22(20)23(28)25-11-17-34(30,31)27-14-12-26(13-15-27)24(29)21-8-5-16-33-21/h3-10,16H,2,11-15,17H2,1H3,(H,25,28). The van der Waals surface area contributed by atoms with Crippen molar-refractivity contribution in [1.29, 1.82) is 0 Å². The van der Waals surface area contributed by atoms with E-state index >= 15 is 0 Å². The summed E-state index contributed by atoms with van der Waals surface area (Å²) in [7, 11) is -3.60. The van der Waals surface area contributed by atoms with E-state index < -0.39 is 10.0 Å². The first-order valence-corrected chi connectivity index (χ1v) is 12.7. The van der Waals surface area contributed by atoms with Crippen LogP contribution in [0.4, 0.5) is 0 Å². The zero-order chi connectivity index (χ0) is 24.1. The van der Waals surface area contributed by atoms with Crippen LogP contribution >= 0.6 is 0 Å². The van der Waals surface area contributed by atoms with Crippen LogP contribution in [0.3, 0.4) is 0 Å². The fourth-order valence-corrected chi connectivity index (χ4v) is 5.34. The number of rotatable bonds is 8. The van der Waals surface area contributed by atoms with Crippen LogP contribution < -0.4 is 10.1 Å². The Bertz CT molecular complexity index is 1270. The molecule has 1 aliphatic rings. The van der Waals surface area contributed by atoms with Gasteiger partial charge in [-0.2, -0.15) is 4.31 Å². The number of hydrogen-bond acceptors (Lipinski definition) is 6. The lowest BCUT2D eigenvalue weighted by molar-refractivity contribution is 0.0665. The third-order valence-corrected chi connectivity index (χ3v) is 7.59. The van der Waals surface area contributed by atoms with Crippen LogP contribution in [0.25, 0.3) is 10.8 Å². The molecule has 10 heteroatoms. The van der Waals surface area contributed by atoms with Gasteiger partial charge in [0.1, 0.15) is 5.75 Å². The van der Waals surface area contributed by atoms with Gasteiger partial charge in [-0.15, -0.1) is 0 Å². The van der Waals surface area contributed by atoms with E-state index in [1.165, 1.54) is 10.6 Å². The monoisotopic (exact) mass is 485 g/mol. The summed E-state index contributed by atoms with van der Waals surface area (Å²) in [4.78, 5) is 26.9. The largest absolute Gasteiger partial charge is 0.493 e. The molecule has 2 heterocycles. The van der Waals surface area contributed by atoms with Crippen molar-refractivity contribution in [2.45, 2.75) is 6.92 Å². The Labute approximate surface area is 198 Å². The van der Waals surface area contributed by atoms with E-state index in [1.807, 2.05) is 37.3 Å². The minimum Gasteiger partial charge on any atom is -0.493 e. The number of furan rings is 1. The molecule has 0 bridgehead atoms. The quantitative estimate of drug-likeness (QED) is 0.525. The maximum Gasteiger partial charge on any atom is 0.289 e. The molecule has 4 rings (SSSR count). The second-order valence-electron chi connectivity index (χ2n) is 7.83. The molecule has 1 fully saturated rings. The Hall–Kier alpha value is -3.37. The van der Waals surface area contributed by atoms with E-state index in [1.54, 1.807) is 23.1 Å². The molecule has 2 amide bonds. The first-order valence-electron chi connectivity index (χ1n) is 11.1. The molecular formula is C24H27N3O6S. The molecule has 0 spiro atoms. The van der Waals surface area contributed by atoms with Crippen molar-refractivity contribution in [3.05, 3.63) is 66.1 Å². The highest BCUT2D eigenvalue weighted by Gasteiger charge is 2.30. The molecule has 9 nitrogen and oxygen atoms in total. The predicted molar refractivity (Wildman–Crippen MR) is 127 cm³/mol. The summed E-state index contributed by atoms with van der Waals surface area (Å²) in [5, 5.41) is 4.36. The lowest BCUT2D eigenvalue weighted by atomic mass is 10.0. The molecule has 0 radical (unpaired) electrons. The highest BCUT2D eigenvalue weighted by atomic mass is 32.2. The Morgan fingerprint density at radius 2 is 1.79 bits per heavy atom. The van der Waals surface area contributed by atoms with Gasteiger partial charge in [-0.05, 0) is 35.9 Å². The first-order chi connectivity index (χ1) is 16.4. The summed E-state index contributed by atoms with van der Waals surface area (Å²) >= 11 is 0. The molecule has 34 heavy (non-hydrogen) atoms. The third-order valence-electron chi connectivity index (χ3n) is 5.71. The summed E-state index contributed by atoms with van der Waals surface area (Å²) in [5.74, 6) is -0.184. The van der Waals surface area contributed by atoms with Crippen molar-refractivity contribution in [2.75, 3.05) is 45.1 Å². The lowest BCUT2D eigenvalue weighted by Crippen LogP contribution is -2.51. The number of sulfonamides is 1. The predicted octanol–water partition coefficient (Wildman–Crippen LogP) is 2.35. The number of hydrogen-bond donors (Lipinski definition) is 1. The minimum atomic E-state index is -3.60. The van der Waals surface area contributed by atoms with E-state index in [-0.39, 0.29) is 56.1 Å². The maximum absolute atomic E-state index is 13.0. The molecule has 1 N–H and O–H groups in total. The minimum absolute atomic E-state index is 0.0402. The van der Waals surface area contributed by atoms with Gasteiger partial charge in [-0.25, -0.2) is 8.42 Å². The molecule has 0 atom stereocenters. The summed E-state index contributed by atoms with van der Waals surface area (Å²) in [6.45, 7) is 3.15. The molecule has 180 valence electrons. The number of nitrogens with one attached hydrogen (secondary N) is 1. The maximum atomic E-state index is 13.0. The Balaban J connectivity index is 1.36. The fraction of sp³-hybridized carbons (Fsp3) is 0.333. The Morgan fingerprint density at radius 1 is 1.03 bits per heavy atom. The normalized spacial score (nSPS) is 14.8. The highest BCUT2D eigenvalue weighted by molar-refractivity contribution is 7.89. The van der Waals surface area contributed by atoms with Crippen molar-refractivity contribution in [3.63, 3.8) is 0 Å². The smallest absolute Gasteiger partial charge is 0.289 e. The van der Waals surface area contributed by atoms with Gasteiger partial charge in [0.15, 0.2) is 5.76 Å². The van der Waals surface area contributed by atoms with Crippen molar-refractivity contribution in [1.82, 2.24) is 14.5 Å². The third kappa shape index (κ3) is 5.07. The van der Waals surface area contributed by atoms with E-state index in [2.05, 4.69) is 5.32 Å². The van der Waals surface area contributed by atoms with Gasteiger partial charge in [-0.1, -0.05) is 30.3 Å². The topological polar surface area (TPSA) is 109 Å². The summed E-state index contributed by atoms with van der Waals surface area (Å²) in [6.07, 6.45) is 1.43. The van der Waals surface area contributed by atoms with Gasteiger partial charge in [0.05, 0.1) is 24.2 Å². The Morgan fingerprint density at radius 3 is 2.50 bits per heavy atom. The number of fused-ring (bicyclic) bond motifs is 1. The lowest BCUT2D eigenvalue weighted by Gasteiger charge is -2.33. The van der Waals surface area contributed by atoms with Crippen LogP contribution in [-0.2, 0) is 10.0 Å². The van der Waals surface area contributed by atoms with Crippen LogP contribution in [0.15, 0.2) is 59.2 Å². The van der Waals surface area contributed by atoms with Crippen LogP contribution in [0.1, 0.15) is 27.8 Å². The molecule has 0 saturated carbocycles. The number of amides is 2. The number of ether oxygens (including phenoxy) is 1. The molecular weight excluding hydrogens is 458 g/mol. The average Bonchev–Trinajstić information content (AvgIpc) is 3.38.